The van der Waals surface area contributed by atoms with E-state index in [9.17, 15) is 9.59 Å². The Kier molecular flexibility index (Phi) is 4.06. The predicted molar refractivity (Wildman–Crippen MR) is 60.7 cm³/mol. The molecule has 1 fully saturated rings. The summed E-state index contributed by atoms with van der Waals surface area (Å²) in [4.78, 5) is 23.6. The van der Waals surface area contributed by atoms with Gasteiger partial charge in [0.15, 0.2) is 0 Å². The van der Waals surface area contributed by atoms with E-state index in [-0.39, 0.29) is 17.5 Å². The summed E-state index contributed by atoms with van der Waals surface area (Å²) in [7, 11) is 0. The van der Waals surface area contributed by atoms with Crippen molar-refractivity contribution in [2.45, 2.75) is 59.3 Å². The maximum atomic E-state index is 11.9. The van der Waals surface area contributed by atoms with Gasteiger partial charge in [-0.15, -0.1) is 0 Å². The lowest BCUT2D eigenvalue weighted by Crippen LogP contribution is -2.30. The molecule has 15 heavy (non-hydrogen) atoms. The Bertz CT molecular complexity index is 257. The molecule has 0 aromatic rings. The molecule has 0 aromatic heterocycles. The van der Waals surface area contributed by atoms with Gasteiger partial charge in [-0.3, -0.25) is 9.59 Å². The van der Waals surface area contributed by atoms with Crippen LogP contribution in [0.1, 0.15) is 59.3 Å². The number of unbranched alkanes of at least 4 members (excludes halogenated alkanes) is 3. The molecule has 0 heterocycles. The quantitative estimate of drug-likeness (QED) is 0.516. The van der Waals surface area contributed by atoms with E-state index in [1.807, 2.05) is 13.8 Å². The van der Waals surface area contributed by atoms with E-state index in [0.29, 0.717) is 6.42 Å². The molecule has 0 amide bonds. The molecule has 2 unspecified atom stereocenters. The second-order valence-electron chi connectivity index (χ2n) is 5.04. The minimum atomic E-state index is -0.646. The van der Waals surface area contributed by atoms with Gasteiger partial charge in [-0.2, -0.15) is 0 Å². The number of ketones is 2. The van der Waals surface area contributed by atoms with Crippen molar-refractivity contribution in [1.82, 2.24) is 0 Å². The fourth-order valence-corrected chi connectivity index (χ4v) is 2.45. The lowest BCUT2D eigenvalue weighted by molar-refractivity contribution is -0.135. The Balaban J connectivity index is 2.50. The van der Waals surface area contributed by atoms with Crippen LogP contribution in [0.4, 0.5) is 0 Å². The van der Waals surface area contributed by atoms with Gasteiger partial charge < -0.3 is 0 Å². The molecule has 2 nitrogen and oxygen atoms in total. The number of hydrogen-bond donors (Lipinski definition) is 0. The number of carbonyl (C=O) groups excluding carboxylic acids is 2. The van der Waals surface area contributed by atoms with Crippen molar-refractivity contribution in [3.8, 4) is 0 Å². The van der Waals surface area contributed by atoms with Gasteiger partial charge in [-0.1, -0.05) is 39.5 Å². The van der Waals surface area contributed by atoms with E-state index in [2.05, 4.69) is 6.92 Å². The van der Waals surface area contributed by atoms with Gasteiger partial charge >= 0.3 is 0 Å². The zero-order valence-corrected chi connectivity index (χ0v) is 10.1. The second-order valence-corrected chi connectivity index (χ2v) is 5.04. The zero-order chi connectivity index (χ0) is 11.5. The molecule has 0 bridgehead atoms. The Morgan fingerprint density at radius 2 is 1.93 bits per heavy atom. The highest BCUT2D eigenvalue weighted by Gasteiger charge is 2.48. The Morgan fingerprint density at radius 3 is 2.40 bits per heavy atom. The Morgan fingerprint density at radius 1 is 1.27 bits per heavy atom. The topological polar surface area (TPSA) is 34.1 Å². The monoisotopic (exact) mass is 210 g/mol. The SMILES string of the molecule is CCCCCCC1(C)C(=O)CC(C)C1=O. The average molecular weight is 210 g/mol. The van der Waals surface area contributed by atoms with Crippen LogP contribution in [-0.2, 0) is 9.59 Å². The van der Waals surface area contributed by atoms with Gasteiger partial charge in [0.05, 0.1) is 5.41 Å². The van der Waals surface area contributed by atoms with Gasteiger partial charge in [0.1, 0.15) is 11.6 Å². The van der Waals surface area contributed by atoms with Crippen LogP contribution in [-0.4, -0.2) is 11.6 Å². The van der Waals surface area contributed by atoms with E-state index in [0.717, 1.165) is 19.3 Å². The van der Waals surface area contributed by atoms with Crippen molar-refractivity contribution in [2.24, 2.45) is 11.3 Å². The lowest BCUT2D eigenvalue weighted by Gasteiger charge is -2.20. The van der Waals surface area contributed by atoms with E-state index in [1.54, 1.807) is 0 Å². The third kappa shape index (κ3) is 2.47. The van der Waals surface area contributed by atoms with Gasteiger partial charge in [0.25, 0.3) is 0 Å². The zero-order valence-electron chi connectivity index (χ0n) is 10.1. The summed E-state index contributed by atoms with van der Waals surface area (Å²) in [5.74, 6) is 0.286. The number of Topliss-reactive ketones (excluding diaryl/α,β-unsaturated/α-hetero) is 2. The van der Waals surface area contributed by atoms with E-state index in [1.165, 1.54) is 12.8 Å². The fourth-order valence-electron chi connectivity index (χ4n) is 2.45. The summed E-state index contributed by atoms with van der Waals surface area (Å²) >= 11 is 0. The largest absolute Gasteiger partial charge is 0.299 e. The van der Waals surface area contributed by atoms with Gasteiger partial charge in [-0.25, -0.2) is 0 Å². The van der Waals surface area contributed by atoms with E-state index < -0.39 is 5.41 Å². The van der Waals surface area contributed by atoms with Crippen LogP contribution < -0.4 is 0 Å². The van der Waals surface area contributed by atoms with Gasteiger partial charge in [0, 0.05) is 12.3 Å². The standard InChI is InChI=1S/C13H22O2/c1-4-5-6-7-8-13(3)11(14)9-10(2)12(13)15/h10H,4-9H2,1-3H3. The average Bonchev–Trinajstić information content (AvgIpc) is 2.39. The normalized spacial score (nSPS) is 31.3. The van der Waals surface area contributed by atoms with Crippen LogP contribution in [0, 0.1) is 11.3 Å². The number of rotatable bonds is 5. The fraction of sp³-hybridized carbons (Fsp3) is 0.846. The second kappa shape index (κ2) is 4.91. The van der Waals surface area contributed by atoms with E-state index >= 15 is 0 Å². The van der Waals surface area contributed by atoms with E-state index in [4.69, 9.17) is 0 Å². The molecule has 1 aliphatic carbocycles. The first-order valence-corrected chi connectivity index (χ1v) is 6.10. The maximum absolute atomic E-state index is 11.9. The molecule has 1 rings (SSSR count). The summed E-state index contributed by atoms with van der Waals surface area (Å²) in [6.07, 6.45) is 5.76. The van der Waals surface area contributed by atoms with Crippen molar-refractivity contribution in [3.63, 3.8) is 0 Å². The molecule has 2 heteroatoms. The van der Waals surface area contributed by atoms with Crippen LogP contribution in [0.15, 0.2) is 0 Å². The Hall–Kier alpha value is -0.660. The van der Waals surface area contributed by atoms with Crippen molar-refractivity contribution < 1.29 is 9.59 Å². The molecular formula is C13H22O2. The first-order chi connectivity index (χ1) is 7.02. The minimum absolute atomic E-state index is 0.0475. The highest BCUT2D eigenvalue weighted by molar-refractivity contribution is 6.13. The Labute approximate surface area is 92.4 Å². The first-order valence-electron chi connectivity index (χ1n) is 6.10. The van der Waals surface area contributed by atoms with Crippen molar-refractivity contribution in [2.75, 3.05) is 0 Å². The molecule has 86 valence electrons. The van der Waals surface area contributed by atoms with Crippen LogP contribution in [0.5, 0.6) is 0 Å². The smallest absolute Gasteiger partial charge is 0.149 e. The summed E-state index contributed by atoms with van der Waals surface area (Å²) < 4.78 is 0. The molecule has 0 saturated heterocycles. The lowest BCUT2D eigenvalue weighted by atomic mass is 9.80. The van der Waals surface area contributed by atoms with Crippen LogP contribution in [0.3, 0.4) is 0 Å². The van der Waals surface area contributed by atoms with Gasteiger partial charge in [-0.05, 0) is 13.3 Å². The molecular weight excluding hydrogens is 188 g/mol. The molecule has 0 spiro atoms. The molecule has 1 saturated carbocycles. The summed E-state index contributed by atoms with van der Waals surface area (Å²) in [6.45, 7) is 5.88. The maximum Gasteiger partial charge on any atom is 0.149 e. The molecule has 0 N–H and O–H groups in total. The third-order valence-corrected chi connectivity index (χ3v) is 3.63. The van der Waals surface area contributed by atoms with Crippen LogP contribution in [0.2, 0.25) is 0 Å². The predicted octanol–water partition coefficient (Wildman–Crippen LogP) is 3.14. The highest BCUT2D eigenvalue weighted by Crippen LogP contribution is 2.38. The first kappa shape index (κ1) is 12.4. The minimum Gasteiger partial charge on any atom is -0.299 e. The molecule has 0 aliphatic heterocycles. The third-order valence-electron chi connectivity index (χ3n) is 3.63. The highest BCUT2D eigenvalue weighted by atomic mass is 16.2. The molecule has 0 aromatic carbocycles. The van der Waals surface area contributed by atoms with Crippen molar-refractivity contribution >= 4 is 11.6 Å². The number of hydrogen-bond acceptors (Lipinski definition) is 2. The number of carbonyl (C=O) groups is 2. The summed E-state index contributed by atoms with van der Waals surface area (Å²) in [5, 5.41) is 0. The van der Waals surface area contributed by atoms with Crippen molar-refractivity contribution in [1.29, 1.82) is 0 Å². The summed E-state index contributed by atoms with van der Waals surface area (Å²) in [5.41, 5.74) is -0.646. The van der Waals surface area contributed by atoms with Crippen LogP contribution in [0.25, 0.3) is 0 Å². The van der Waals surface area contributed by atoms with Crippen molar-refractivity contribution in [3.05, 3.63) is 0 Å². The van der Waals surface area contributed by atoms with Crippen LogP contribution >= 0.6 is 0 Å². The molecule has 2 atom stereocenters. The summed E-state index contributed by atoms with van der Waals surface area (Å²) in [6, 6.07) is 0. The molecule has 0 radical (unpaired) electrons. The van der Waals surface area contributed by atoms with Gasteiger partial charge in [0.2, 0.25) is 0 Å². The molecule has 1 aliphatic rings.